The van der Waals surface area contributed by atoms with Crippen LogP contribution in [-0.4, -0.2) is 21.8 Å². The summed E-state index contributed by atoms with van der Waals surface area (Å²) in [7, 11) is 0. The Morgan fingerprint density at radius 1 is 1.19 bits per heavy atom. The second-order valence-corrected chi connectivity index (χ2v) is 5.17. The van der Waals surface area contributed by atoms with Crippen LogP contribution >= 0.6 is 0 Å². The molecule has 0 aliphatic heterocycles. The van der Waals surface area contributed by atoms with E-state index in [1.807, 2.05) is 61.2 Å². The lowest BCUT2D eigenvalue weighted by Gasteiger charge is -2.25. The van der Waals surface area contributed by atoms with E-state index in [1.165, 1.54) is 0 Å². The van der Waals surface area contributed by atoms with Gasteiger partial charge in [0.2, 0.25) is 5.91 Å². The first-order valence-electron chi connectivity index (χ1n) is 7.09. The highest BCUT2D eigenvalue weighted by Gasteiger charge is 2.14. The van der Waals surface area contributed by atoms with Crippen molar-refractivity contribution >= 4 is 12.0 Å². The Morgan fingerprint density at radius 3 is 2.57 bits per heavy atom. The topological polar surface area (TPSA) is 33.2 Å². The summed E-state index contributed by atoms with van der Waals surface area (Å²) in [6.45, 7) is 4.67. The molecule has 1 amide bonds. The van der Waals surface area contributed by atoms with E-state index in [1.54, 1.807) is 24.5 Å². The standard InChI is InChI=1S/C18H20N2O/c1-15(2)20(14-17-7-4-3-5-8-17)18(21)11-10-16-9-6-12-19-13-16/h3-13,15H,14H2,1-2H3/b11-10+. The van der Waals surface area contributed by atoms with Crippen LogP contribution in [-0.2, 0) is 11.3 Å². The van der Waals surface area contributed by atoms with E-state index >= 15 is 0 Å². The fraction of sp³-hybridized carbons (Fsp3) is 0.222. The molecule has 0 saturated carbocycles. The van der Waals surface area contributed by atoms with Crippen LogP contribution in [0.3, 0.4) is 0 Å². The average molecular weight is 280 g/mol. The lowest BCUT2D eigenvalue weighted by molar-refractivity contribution is -0.128. The van der Waals surface area contributed by atoms with Crippen molar-refractivity contribution < 1.29 is 4.79 Å². The molecule has 3 heteroatoms. The number of carbonyl (C=O) groups is 1. The number of nitrogens with zero attached hydrogens (tertiary/aromatic N) is 2. The van der Waals surface area contributed by atoms with Gasteiger partial charge in [-0.1, -0.05) is 36.4 Å². The van der Waals surface area contributed by atoms with Gasteiger partial charge in [-0.25, -0.2) is 0 Å². The first-order chi connectivity index (χ1) is 10.2. The summed E-state index contributed by atoms with van der Waals surface area (Å²) in [5.74, 6) is 0.0118. The maximum Gasteiger partial charge on any atom is 0.247 e. The van der Waals surface area contributed by atoms with E-state index in [-0.39, 0.29) is 11.9 Å². The monoisotopic (exact) mass is 280 g/mol. The molecule has 0 spiro atoms. The molecule has 1 aromatic heterocycles. The molecule has 0 radical (unpaired) electrons. The molecule has 2 rings (SSSR count). The van der Waals surface area contributed by atoms with Crippen molar-refractivity contribution in [1.29, 1.82) is 0 Å². The third-order valence-corrected chi connectivity index (χ3v) is 3.20. The molecular weight excluding hydrogens is 260 g/mol. The van der Waals surface area contributed by atoms with Gasteiger partial charge in [-0.15, -0.1) is 0 Å². The molecule has 0 saturated heterocycles. The Labute approximate surface area is 125 Å². The first kappa shape index (κ1) is 15.0. The van der Waals surface area contributed by atoms with Crippen LogP contribution in [0.4, 0.5) is 0 Å². The van der Waals surface area contributed by atoms with Crippen molar-refractivity contribution in [2.75, 3.05) is 0 Å². The molecule has 1 heterocycles. The smallest absolute Gasteiger partial charge is 0.247 e. The number of hydrogen-bond donors (Lipinski definition) is 0. The summed E-state index contributed by atoms with van der Waals surface area (Å²) in [6.07, 6.45) is 6.87. The Kier molecular flexibility index (Phi) is 5.27. The molecule has 0 aliphatic carbocycles. The van der Waals surface area contributed by atoms with Gasteiger partial charge in [0, 0.05) is 31.1 Å². The third kappa shape index (κ3) is 4.56. The molecule has 0 atom stereocenters. The highest BCUT2D eigenvalue weighted by atomic mass is 16.2. The number of hydrogen-bond acceptors (Lipinski definition) is 2. The van der Waals surface area contributed by atoms with Crippen molar-refractivity contribution in [3.63, 3.8) is 0 Å². The number of benzene rings is 1. The second kappa shape index (κ2) is 7.39. The number of carbonyl (C=O) groups excluding carboxylic acids is 1. The van der Waals surface area contributed by atoms with Gasteiger partial charge in [-0.3, -0.25) is 9.78 Å². The summed E-state index contributed by atoms with van der Waals surface area (Å²) in [4.78, 5) is 18.3. The molecule has 0 bridgehead atoms. The van der Waals surface area contributed by atoms with Gasteiger partial charge in [0.1, 0.15) is 0 Å². The van der Waals surface area contributed by atoms with E-state index in [4.69, 9.17) is 0 Å². The molecule has 108 valence electrons. The van der Waals surface area contributed by atoms with Crippen LogP contribution in [0.25, 0.3) is 6.08 Å². The van der Waals surface area contributed by atoms with Crippen LogP contribution in [0.2, 0.25) is 0 Å². The van der Waals surface area contributed by atoms with Crippen LogP contribution in [0, 0.1) is 0 Å². The second-order valence-electron chi connectivity index (χ2n) is 5.17. The van der Waals surface area contributed by atoms with Crippen molar-refractivity contribution in [3.8, 4) is 0 Å². The number of rotatable bonds is 5. The summed E-state index contributed by atoms with van der Waals surface area (Å²) in [5.41, 5.74) is 2.06. The Balaban J connectivity index is 2.08. The van der Waals surface area contributed by atoms with Crippen LogP contribution in [0.15, 0.2) is 60.9 Å². The maximum absolute atomic E-state index is 12.4. The molecule has 0 aliphatic rings. The minimum absolute atomic E-state index is 0.0118. The molecule has 0 fully saturated rings. The van der Waals surface area contributed by atoms with Gasteiger partial charge in [0.25, 0.3) is 0 Å². The molecular formula is C18H20N2O. The Morgan fingerprint density at radius 2 is 1.95 bits per heavy atom. The van der Waals surface area contributed by atoms with E-state index in [0.717, 1.165) is 11.1 Å². The summed E-state index contributed by atoms with van der Waals surface area (Å²) in [5, 5.41) is 0. The molecule has 1 aromatic carbocycles. The normalized spacial score (nSPS) is 11.0. The Hall–Kier alpha value is -2.42. The van der Waals surface area contributed by atoms with Crippen LogP contribution in [0.5, 0.6) is 0 Å². The van der Waals surface area contributed by atoms with Gasteiger partial charge >= 0.3 is 0 Å². The van der Waals surface area contributed by atoms with E-state index < -0.39 is 0 Å². The van der Waals surface area contributed by atoms with Crippen LogP contribution < -0.4 is 0 Å². The lowest BCUT2D eigenvalue weighted by Crippen LogP contribution is -2.35. The SMILES string of the molecule is CC(C)N(Cc1ccccc1)C(=O)/C=C/c1cccnc1. The zero-order chi connectivity index (χ0) is 15.1. The molecule has 3 nitrogen and oxygen atoms in total. The third-order valence-electron chi connectivity index (χ3n) is 3.20. The van der Waals surface area contributed by atoms with Gasteiger partial charge < -0.3 is 4.90 Å². The number of amides is 1. The number of pyridine rings is 1. The van der Waals surface area contributed by atoms with Crippen molar-refractivity contribution in [2.24, 2.45) is 0 Å². The quantitative estimate of drug-likeness (QED) is 0.785. The average Bonchev–Trinajstić information content (AvgIpc) is 2.52. The van der Waals surface area contributed by atoms with Crippen molar-refractivity contribution in [1.82, 2.24) is 9.88 Å². The molecule has 21 heavy (non-hydrogen) atoms. The summed E-state index contributed by atoms with van der Waals surface area (Å²) >= 11 is 0. The number of aromatic nitrogens is 1. The van der Waals surface area contributed by atoms with Crippen molar-refractivity contribution in [2.45, 2.75) is 26.4 Å². The lowest BCUT2D eigenvalue weighted by atomic mass is 10.2. The van der Waals surface area contributed by atoms with Gasteiger partial charge in [-0.05, 0) is 37.1 Å². The van der Waals surface area contributed by atoms with Gasteiger partial charge in [0.05, 0.1) is 0 Å². The Bertz CT molecular complexity index is 591. The molecule has 0 N–H and O–H groups in total. The van der Waals surface area contributed by atoms with Crippen LogP contribution in [0.1, 0.15) is 25.0 Å². The van der Waals surface area contributed by atoms with Crippen molar-refractivity contribution in [3.05, 3.63) is 72.1 Å². The summed E-state index contributed by atoms with van der Waals surface area (Å²) in [6, 6.07) is 14.0. The van der Waals surface area contributed by atoms with E-state index in [9.17, 15) is 4.79 Å². The molecule has 0 unspecified atom stereocenters. The van der Waals surface area contributed by atoms with Gasteiger partial charge in [0.15, 0.2) is 0 Å². The fourth-order valence-electron chi connectivity index (χ4n) is 2.03. The zero-order valence-electron chi connectivity index (χ0n) is 12.4. The first-order valence-corrected chi connectivity index (χ1v) is 7.09. The molecule has 2 aromatic rings. The highest BCUT2D eigenvalue weighted by molar-refractivity contribution is 5.91. The highest BCUT2D eigenvalue weighted by Crippen LogP contribution is 2.10. The predicted octanol–water partition coefficient (Wildman–Crippen LogP) is 3.53. The zero-order valence-corrected chi connectivity index (χ0v) is 12.4. The predicted molar refractivity (Wildman–Crippen MR) is 85.4 cm³/mol. The fourth-order valence-corrected chi connectivity index (χ4v) is 2.03. The minimum Gasteiger partial charge on any atom is -0.332 e. The largest absolute Gasteiger partial charge is 0.332 e. The van der Waals surface area contributed by atoms with E-state index in [2.05, 4.69) is 4.98 Å². The minimum atomic E-state index is 0.0118. The summed E-state index contributed by atoms with van der Waals surface area (Å²) < 4.78 is 0. The van der Waals surface area contributed by atoms with Gasteiger partial charge in [-0.2, -0.15) is 0 Å². The maximum atomic E-state index is 12.4. The van der Waals surface area contributed by atoms with E-state index in [0.29, 0.717) is 6.54 Å².